The number of hydrogen-bond donors (Lipinski definition) is 1. The van der Waals surface area contributed by atoms with Gasteiger partial charge >= 0.3 is 0 Å². The molecular formula is C18H10ClI2N3O2. The van der Waals surface area contributed by atoms with Crippen molar-refractivity contribution < 1.29 is 9.52 Å². The van der Waals surface area contributed by atoms with E-state index in [2.05, 4.69) is 55.2 Å². The number of phenols is 1. The summed E-state index contributed by atoms with van der Waals surface area (Å²) in [7, 11) is 0. The van der Waals surface area contributed by atoms with Gasteiger partial charge in [-0.05, 0) is 81.6 Å². The minimum Gasteiger partial charge on any atom is -0.506 e. The van der Waals surface area contributed by atoms with Crippen molar-refractivity contribution in [2.45, 2.75) is 0 Å². The third kappa shape index (κ3) is 3.35. The standard InChI is InChI=1S/C18H10ClI2N3O2/c19-11-3-4-15-23-16(14-2-1-5-26-14)18(24(15)9-11)22-8-10-6-12(20)7-13(21)17(10)25/h1-9,25H/b22-8+. The molecule has 0 saturated heterocycles. The monoisotopic (exact) mass is 589 g/mol. The third-order valence-corrected chi connectivity index (χ3v) is 5.36. The van der Waals surface area contributed by atoms with Crippen LogP contribution in [-0.4, -0.2) is 20.7 Å². The molecule has 5 nitrogen and oxygen atoms in total. The SMILES string of the molecule is Oc1c(I)cc(I)cc1/C=N/c1c(-c2ccco2)nc2ccc(Cl)cn12. The van der Waals surface area contributed by atoms with Crippen molar-refractivity contribution in [1.29, 1.82) is 0 Å². The third-order valence-electron chi connectivity index (χ3n) is 3.70. The lowest BCUT2D eigenvalue weighted by atomic mass is 10.2. The van der Waals surface area contributed by atoms with Gasteiger partial charge in [-0.3, -0.25) is 4.40 Å². The van der Waals surface area contributed by atoms with E-state index in [1.54, 1.807) is 35.2 Å². The number of benzene rings is 1. The molecule has 0 aliphatic heterocycles. The maximum atomic E-state index is 10.3. The predicted octanol–water partition coefficient (Wildman–Crippen LogP) is 5.91. The Hall–Kier alpha value is -1.59. The minimum atomic E-state index is 0.196. The fourth-order valence-corrected chi connectivity index (χ4v) is 4.57. The summed E-state index contributed by atoms with van der Waals surface area (Å²) >= 11 is 10.4. The largest absolute Gasteiger partial charge is 0.506 e. The van der Waals surface area contributed by atoms with Crippen LogP contribution in [0.25, 0.3) is 17.1 Å². The molecule has 26 heavy (non-hydrogen) atoms. The summed E-state index contributed by atoms with van der Waals surface area (Å²) in [6.45, 7) is 0. The van der Waals surface area contributed by atoms with Gasteiger partial charge in [0.1, 0.15) is 11.4 Å². The number of hydrogen-bond acceptors (Lipinski definition) is 4. The van der Waals surface area contributed by atoms with Crippen molar-refractivity contribution >= 4 is 74.5 Å². The van der Waals surface area contributed by atoms with Crippen LogP contribution >= 0.6 is 56.8 Å². The molecule has 0 saturated carbocycles. The predicted molar refractivity (Wildman–Crippen MR) is 119 cm³/mol. The average Bonchev–Trinajstić information content (AvgIpc) is 3.24. The van der Waals surface area contributed by atoms with Crippen molar-refractivity contribution in [3.63, 3.8) is 0 Å². The highest BCUT2D eigenvalue weighted by molar-refractivity contribution is 14.1. The van der Waals surface area contributed by atoms with Crippen LogP contribution in [0.3, 0.4) is 0 Å². The lowest BCUT2D eigenvalue weighted by Crippen LogP contribution is -1.89. The average molecular weight is 590 g/mol. The molecule has 1 N–H and O–H groups in total. The van der Waals surface area contributed by atoms with Gasteiger partial charge in [-0.25, -0.2) is 9.98 Å². The highest BCUT2D eigenvalue weighted by atomic mass is 127. The van der Waals surface area contributed by atoms with E-state index in [0.29, 0.717) is 33.5 Å². The number of fused-ring (bicyclic) bond motifs is 1. The topological polar surface area (TPSA) is 63.0 Å². The van der Waals surface area contributed by atoms with E-state index in [1.807, 2.05) is 24.3 Å². The first-order chi connectivity index (χ1) is 12.5. The summed E-state index contributed by atoms with van der Waals surface area (Å²) < 4.78 is 9.08. The quantitative estimate of drug-likeness (QED) is 0.239. The number of aromatic hydroxyl groups is 1. The molecule has 0 radical (unpaired) electrons. The number of rotatable bonds is 3. The fraction of sp³-hybridized carbons (Fsp3) is 0. The summed E-state index contributed by atoms with van der Waals surface area (Å²) in [6.07, 6.45) is 4.96. The fourth-order valence-electron chi connectivity index (χ4n) is 2.52. The molecule has 0 aliphatic rings. The number of imidazole rings is 1. The second kappa shape index (κ2) is 7.20. The van der Waals surface area contributed by atoms with Crippen LogP contribution in [0.2, 0.25) is 5.02 Å². The van der Waals surface area contributed by atoms with Gasteiger partial charge in [-0.15, -0.1) is 0 Å². The zero-order valence-electron chi connectivity index (χ0n) is 13.0. The number of aromatic nitrogens is 2. The molecule has 0 unspecified atom stereocenters. The molecule has 4 aromatic rings. The van der Waals surface area contributed by atoms with Crippen molar-refractivity contribution in [1.82, 2.24) is 9.38 Å². The molecular weight excluding hydrogens is 579 g/mol. The Morgan fingerprint density at radius 3 is 2.85 bits per heavy atom. The lowest BCUT2D eigenvalue weighted by molar-refractivity contribution is 0.470. The van der Waals surface area contributed by atoms with E-state index in [4.69, 9.17) is 16.0 Å². The Balaban J connectivity index is 1.90. The van der Waals surface area contributed by atoms with E-state index in [0.717, 1.165) is 7.14 Å². The van der Waals surface area contributed by atoms with Crippen LogP contribution < -0.4 is 0 Å². The molecule has 4 rings (SSSR count). The van der Waals surface area contributed by atoms with E-state index in [9.17, 15) is 5.11 Å². The van der Waals surface area contributed by atoms with Crippen molar-refractivity contribution in [2.24, 2.45) is 4.99 Å². The van der Waals surface area contributed by atoms with E-state index < -0.39 is 0 Å². The zero-order valence-corrected chi connectivity index (χ0v) is 18.1. The summed E-state index contributed by atoms with van der Waals surface area (Å²) in [5, 5.41) is 10.9. The maximum Gasteiger partial charge on any atom is 0.168 e. The van der Waals surface area contributed by atoms with Crippen LogP contribution in [0, 0.1) is 7.14 Å². The Bertz CT molecular complexity index is 1140. The Morgan fingerprint density at radius 2 is 2.08 bits per heavy atom. The van der Waals surface area contributed by atoms with Gasteiger partial charge in [-0.1, -0.05) is 11.6 Å². The van der Waals surface area contributed by atoms with E-state index >= 15 is 0 Å². The molecule has 0 atom stereocenters. The molecule has 0 aliphatic carbocycles. The van der Waals surface area contributed by atoms with Gasteiger partial charge in [0, 0.05) is 21.5 Å². The van der Waals surface area contributed by atoms with Gasteiger partial charge < -0.3 is 9.52 Å². The van der Waals surface area contributed by atoms with Gasteiger partial charge in [0.05, 0.1) is 14.9 Å². The first-order valence-electron chi connectivity index (χ1n) is 7.46. The molecule has 8 heteroatoms. The highest BCUT2D eigenvalue weighted by Crippen LogP contribution is 2.33. The van der Waals surface area contributed by atoms with Gasteiger partial charge in [0.15, 0.2) is 17.3 Å². The van der Waals surface area contributed by atoms with Crippen molar-refractivity contribution in [3.05, 3.63) is 66.6 Å². The zero-order chi connectivity index (χ0) is 18.3. The number of aliphatic imine (C=N–C) groups is 1. The summed E-state index contributed by atoms with van der Waals surface area (Å²) in [5.41, 5.74) is 1.94. The number of nitrogens with zero attached hydrogens (tertiary/aromatic N) is 3. The number of halogens is 3. The van der Waals surface area contributed by atoms with Gasteiger partial charge in [-0.2, -0.15) is 0 Å². The highest BCUT2D eigenvalue weighted by Gasteiger charge is 2.16. The van der Waals surface area contributed by atoms with E-state index in [-0.39, 0.29) is 5.75 Å². The molecule has 3 aromatic heterocycles. The molecule has 130 valence electrons. The lowest BCUT2D eigenvalue weighted by Gasteiger charge is -2.03. The molecule has 0 bridgehead atoms. The number of furan rings is 1. The second-order valence-corrected chi connectivity index (χ2v) is 8.26. The molecule has 3 heterocycles. The van der Waals surface area contributed by atoms with Crippen LogP contribution in [0.5, 0.6) is 5.75 Å². The Labute approximate surface area is 181 Å². The van der Waals surface area contributed by atoms with E-state index in [1.165, 1.54) is 0 Å². The van der Waals surface area contributed by atoms with Crippen LogP contribution in [0.4, 0.5) is 5.82 Å². The van der Waals surface area contributed by atoms with Crippen molar-refractivity contribution in [3.8, 4) is 17.2 Å². The molecule has 0 spiro atoms. The molecule has 1 aromatic carbocycles. The van der Waals surface area contributed by atoms with Gasteiger partial charge in [0.25, 0.3) is 0 Å². The molecule has 0 amide bonds. The van der Waals surface area contributed by atoms with Crippen molar-refractivity contribution in [2.75, 3.05) is 0 Å². The second-order valence-electron chi connectivity index (χ2n) is 5.42. The smallest absolute Gasteiger partial charge is 0.168 e. The summed E-state index contributed by atoms with van der Waals surface area (Å²) in [6, 6.07) is 11.0. The summed E-state index contributed by atoms with van der Waals surface area (Å²) in [4.78, 5) is 9.19. The Kier molecular flexibility index (Phi) is 4.93. The first kappa shape index (κ1) is 17.8. The molecule has 0 fully saturated rings. The normalized spacial score (nSPS) is 11.7. The first-order valence-corrected chi connectivity index (χ1v) is 10.00. The Morgan fingerprint density at radius 1 is 1.23 bits per heavy atom. The minimum absolute atomic E-state index is 0.196. The van der Waals surface area contributed by atoms with Crippen LogP contribution in [-0.2, 0) is 0 Å². The van der Waals surface area contributed by atoms with Gasteiger partial charge in [0.2, 0.25) is 0 Å². The number of phenolic OH excluding ortho intramolecular Hbond substituents is 1. The maximum absolute atomic E-state index is 10.3. The van der Waals surface area contributed by atoms with Crippen LogP contribution in [0.15, 0.2) is 58.3 Å². The van der Waals surface area contributed by atoms with Crippen LogP contribution in [0.1, 0.15) is 5.56 Å². The number of pyridine rings is 1. The summed E-state index contributed by atoms with van der Waals surface area (Å²) in [5.74, 6) is 1.38.